The molecular formula is C13H21Br2N3O. The van der Waals surface area contributed by atoms with E-state index in [-0.39, 0.29) is 34.0 Å². The Morgan fingerprint density at radius 3 is 2.32 bits per heavy atom. The molecule has 1 aliphatic rings. The Hall–Kier alpha value is -0.430. The molecule has 1 saturated heterocycles. The van der Waals surface area contributed by atoms with Crippen LogP contribution in [0.25, 0.3) is 0 Å². The van der Waals surface area contributed by atoms with Gasteiger partial charge in [0, 0.05) is 19.6 Å². The highest BCUT2D eigenvalue weighted by Crippen LogP contribution is 2.14. The number of ether oxygens (including phenoxy) is 1. The number of nitrogens with two attached hydrogens (primary N) is 1. The van der Waals surface area contributed by atoms with Gasteiger partial charge < -0.3 is 10.5 Å². The van der Waals surface area contributed by atoms with Crippen molar-refractivity contribution in [1.82, 2.24) is 4.90 Å². The standard InChI is InChI=1S/C13H19N3O.2BrH/c1-11(14)15-13-4-2-12(3-5-13)10-16-6-8-17-9-7-16;;/h2-5H,6-10H2,1H3,(H2,14,15);2*1H. The maximum atomic E-state index is 5.54. The summed E-state index contributed by atoms with van der Waals surface area (Å²) >= 11 is 0. The van der Waals surface area contributed by atoms with Crippen LogP contribution in [0.1, 0.15) is 12.5 Å². The van der Waals surface area contributed by atoms with Gasteiger partial charge in [-0.2, -0.15) is 0 Å². The van der Waals surface area contributed by atoms with Crippen LogP contribution < -0.4 is 5.73 Å². The highest BCUT2D eigenvalue weighted by atomic mass is 79.9. The van der Waals surface area contributed by atoms with Gasteiger partial charge in [0.1, 0.15) is 0 Å². The van der Waals surface area contributed by atoms with E-state index in [1.165, 1.54) is 5.56 Å². The van der Waals surface area contributed by atoms with Crippen molar-refractivity contribution >= 4 is 45.5 Å². The van der Waals surface area contributed by atoms with Gasteiger partial charge in [0.25, 0.3) is 0 Å². The van der Waals surface area contributed by atoms with Gasteiger partial charge in [0.15, 0.2) is 0 Å². The summed E-state index contributed by atoms with van der Waals surface area (Å²) in [7, 11) is 0. The summed E-state index contributed by atoms with van der Waals surface area (Å²) in [6.07, 6.45) is 0. The molecule has 1 fully saturated rings. The summed E-state index contributed by atoms with van der Waals surface area (Å²) in [6.45, 7) is 6.49. The summed E-state index contributed by atoms with van der Waals surface area (Å²) in [6, 6.07) is 8.23. The molecule has 108 valence electrons. The molecule has 0 aromatic heterocycles. The largest absolute Gasteiger partial charge is 0.387 e. The van der Waals surface area contributed by atoms with E-state index in [9.17, 15) is 0 Å². The number of halogens is 2. The van der Waals surface area contributed by atoms with Gasteiger partial charge >= 0.3 is 0 Å². The second-order valence-electron chi connectivity index (χ2n) is 4.31. The third-order valence-corrected chi connectivity index (χ3v) is 2.75. The third kappa shape index (κ3) is 6.51. The Morgan fingerprint density at radius 2 is 1.79 bits per heavy atom. The molecule has 6 heteroatoms. The predicted molar refractivity (Wildman–Crippen MR) is 90.1 cm³/mol. The lowest BCUT2D eigenvalue weighted by Crippen LogP contribution is -2.35. The van der Waals surface area contributed by atoms with Gasteiger partial charge in [-0.15, -0.1) is 34.0 Å². The van der Waals surface area contributed by atoms with Crippen molar-refractivity contribution in [3.8, 4) is 0 Å². The lowest BCUT2D eigenvalue weighted by Gasteiger charge is -2.26. The first-order chi connectivity index (χ1) is 8.24. The Labute approximate surface area is 135 Å². The van der Waals surface area contributed by atoms with E-state index >= 15 is 0 Å². The average Bonchev–Trinajstić information content (AvgIpc) is 2.32. The molecule has 0 spiro atoms. The van der Waals surface area contributed by atoms with E-state index in [2.05, 4.69) is 22.0 Å². The molecule has 0 saturated carbocycles. The molecular weight excluding hydrogens is 374 g/mol. The van der Waals surface area contributed by atoms with Crippen molar-refractivity contribution in [3.63, 3.8) is 0 Å². The maximum absolute atomic E-state index is 5.54. The maximum Gasteiger partial charge on any atom is 0.0964 e. The topological polar surface area (TPSA) is 50.8 Å². The molecule has 19 heavy (non-hydrogen) atoms. The molecule has 0 atom stereocenters. The fourth-order valence-electron chi connectivity index (χ4n) is 1.90. The first kappa shape index (κ1) is 18.6. The van der Waals surface area contributed by atoms with Crippen LogP contribution in [0.4, 0.5) is 5.69 Å². The van der Waals surface area contributed by atoms with Gasteiger partial charge in [0.05, 0.1) is 24.7 Å². The number of rotatable bonds is 3. The molecule has 4 nitrogen and oxygen atoms in total. The van der Waals surface area contributed by atoms with Crippen LogP contribution in [0.15, 0.2) is 29.3 Å². The zero-order valence-corrected chi connectivity index (χ0v) is 14.5. The molecule has 0 bridgehead atoms. The second kappa shape index (κ2) is 9.47. The minimum Gasteiger partial charge on any atom is -0.387 e. The summed E-state index contributed by atoms with van der Waals surface area (Å²) in [5, 5.41) is 0. The van der Waals surface area contributed by atoms with Crippen LogP contribution in [0, 0.1) is 0 Å². The number of amidine groups is 1. The van der Waals surface area contributed by atoms with Crippen molar-refractivity contribution in [2.24, 2.45) is 10.7 Å². The predicted octanol–water partition coefficient (Wildman–Crippen LogP) is 2.68. The molecule has 0 aliphatic carbocycles. The van der Waals surface area contributed by atoms with Crippen LogP contribution in [-0.2, 0) is 11.3 Å². The van der Waals surface area contributed by atoms with Crippen LogP contribution >= 0.6 is 34.0 Å². The van der Waals surface area contributed by atoms with Crippen molar-refractivity contribution < 1.29 is 4.74 Å². The minimum absolute atomic E-state index is 0. The SMILES string of the molecule is Br.Br.CC(N)=Nc1ccc(CN2CCOCC2)cc1. The van der Waals surface area contributed by atoms with Crippen LogP contribution in [0.2, 0.25) is 0 Å². The van der Waals surface area contributed by atoms with Gasteiger partial charge in [-0.05, 0) is 24.6 Å². The summed E-state index contributed by atoms with van der Waals surface area (Å²) in [5.74, 6) is 0.589. The highest BCUT2D eigenvalue weighted by Gasteiger charge is 2.10. The van der Waals surface area contributed by atoms with E-state index in [0.717, 1.165) is 38.5 Å². The average molecular weight is 395 g/mol. The van der Waals surface area contributed by atoms with Crippen molar-refractivity contribution in [2.45, 2.75) is 13.5 Å². The van der Waals surface area contributed by atoms with E-state index < -0.39 is 0 Å². The molecule has 0 unspecified atom stereocenters. The van der Waals surface area contributed by atoms with E-state index in [1.54, 1.807) is 6.92 Å². The Balaban J connectivity index is 0.00000162. The zero-order chi connectivity index (χ0) is 12.1. The Morgan fingerprint density at radius 1 is 1.21 bits per heavy atom. The van der Waals surface area contributed by atoms with E-state index in [4.69, 9.17) is 10.5 Å². The smallest absolute Gasteiger partial charge is 0.0964 e. The minimum atomic E-state index is 0. The van der Waals surface area contributed by atoms with E-state index in [1.807, 2.05) is 12.1 Å². The zero-order valence-electron chi connectivity index (χ0n) is 11.0. The molecule has 2 rings (SSSR count). The molecule has 0 amide bonds. The monoisotopic (exact) mass is 393 g/mol. The van der Waals surface area contributed by atoms with Gasteiger partial charge in [0.2, 0.25) is 0 Å². The molecule has 0 radical (unpaired) electrons. The summed E-state index contributed by atoms with van der Waals surface area (Å²) < 4.78 is 5.33. The fourth-order valence-corrected chi connectivity index (χ4v) is 1.90. The van der Waals surface area contributed by atoms with Crippen LogP contribution in [0.3, 0.4) is 0 Å². The fraction of sp³-hybridized carbons (Fsp3) is 0.462. The van der Waals surface area contributed by atoms with Gasteiger partial charge in [-0.3, -0.25) is 4.90 Å². The number of hydrogen-bond acceptors (Lipinski definition) is 3. The Kier molecular flexibility index (Phi) is 9.26. The quantitative estimate of drug-likeness (QED) is 0.633. The third-order valence-electron chi connectivity index (χ3n) is 2.75. The molecule has 1 aliphatic heterocycles. The first-order valence-electron chi connectivity index (χ1n) is 5.94. The number of nitrogens with zero attached hydrogens (tertiary/aromatic N) is 2. The summed E-state index contributed by atoms with van der Waals surface area (Å²) in [4.78, 5) is 6.61. The van der Waals surface area contributed by atoms with Crippen LogP contribution in [0.5, 0.6) is 0 Å². The normalized spacial score (nSPS) is 16.4. The molecule has 2 N–H and O–H groups in total. The molecule has 1 aromatic rings. The number of hydrogen-bond donors (Lipinski definition) is 1. The lowest BCUT2D eigenvalue weighted by molar-refractivity contribution is 0.0342. The number of aliphatic imine (C=N–C) groups is 1. The van der Waals surface area contributed by atoms with Gasteiger partial charge in [-0.25, -0.2) is 4.99 Å². The highest BCUT2D eigenvalue weighted by molar-refractivity contribution is 8.93. The number of morpholine rings is 1. The molecule has 1 heterocycles. The lowest BCUT2D eigenvalue weighted by atomic mass is 10.2. The van der Waals surface area contributed by atoms with Crippen molar-refractivity contribution in [1.29, 1.82) is 0 Å². The van der Waals surface area contributed by atoms with E-state index in [0.29, 0.717) is 5.84 Å². The van der Waals surface area contributed by atoms with Crippen molar-refractivity contribution in [2.75, 3.05) is 26.3 Å². The van der Waals surface area contributed by atoms with Crippen LogP contribution in [-0.4, -0.2) is 37.0 Å². The first-order valence-corrected chi connectivity index (χ1v) is 5.94. The summed E-state index contributed by atoms with van der Waals surface area (Å²) in [5.41, 5.74) is 7.76. The second-order valence-corrected chi connectivity index (χ2v) is 4.31. The van der Waals surface area contributed by atoms with Crippen molar-refractivity contribution in [3.05, 3.63) is 29.8 Å². The Bertz CT molecular complexity index is 385. The number of benzene rings is 1. The van der Waals surface area contributed by atoms with Gasteiger partial charge in [-0.1, -0.05) is 12.1 Å². The molecule has 1 aromatic carbocycles.